The smallest absolute Gasteiger partial charge is 0.0328 e. The second-order valence-corrected chi connectivity index (χ2v) is 6.60. The van der Waals surface area contributed by atoms with Crippen molar-refractivity contribution in [2.24, 2.45) is 5.92 Å². The number of aryl methyl sites for hydroxylation is 1. The van der Waals surface area contributed by atoms with Crippen LogP contribution in [0.25, 0.3) is 0 Å². The Morgan fingerprint density at radius 2 is 2.18 bits per heavy atom. The van der Waals surface area contributed by atoms with E-state index >= 15 is 0 Å². The minimum atomic E-state index is 0.590. The summed E-state index contributed by atoms with van der Waals surface area (Å²) in [6.07, 6.45) is 6.77. The standard InChI is InChI=1S/C15H20BrN/c1-10(8-11-2-3-11)17-15-7-4-12-9-13(16)5-6-14(12)15/h5-6,9-11,15,17H,2-4,7-8H2,1H3. The van der Waals surface area contributed by atoms with E-state index in [1.165, 1.54) is 47.7 Å². The first-order valence-electron chi connectivity index (χ1n) is 6.77. The highest BCUT2D eigenvalue weighted by Crippen LogP contribution is 2.36. The normalized spacial score (nSPS) is 24.7. The lowest BCUT2D eigenvalue weighted by atomic mass is 10.1. The third-order valence-electron chi connectivity index (χ3n) is 4.05. The molecule has 1 fully saturated rings. The SMILES string of the molecule is CC(CC1CC1)NC1CCc2cc(Br)ccc21. The molecule has 3 rings (SSSR count). The van der Waals surface area contributed by atoms with Gasteiger partial charge >= 0.3 is 0 Å². The summed E-state index contributed by atoms with van der Waals surface area (Å²) in [5.41, 5.74) is 3.05. The van der Waals surface area contributed by atoms with Crippen LogP contribution in [-0.4, -0.2) is 6.04 Å². The van der Waals surface area contributed by atoms with Crippen LogP contribution in [0.2, 0.25) is 0 Å². The van der Waals surface area contributed by atoms with E-state index in [-0.39, 0.29) is 0 Å². The van der Waals surface area contributed by atoms with E-state index in [1.54, 1.807) is 0 Å². The molecule has 0 saturated heterocycles. The van der Waals surface area contributed by atoms with E-state index in [0.717, 1.165) is 5.92 Å². The van der Waals surface area contributed by atoms with Gasteiger partial charge < -0.3 is 5.32 Å². The molecule has 1 aromatic carbocycles. The Morgan fingerprint density at radius 1 is 1.35 bits per heavy atom. The maximum absolute atomic E-state index is 3.81. The maximum Gasteiger partial charge on any atom is 0.0328 e. The highest BCUT2D eigenvalue weighted by Gasteiger charge is 2.27. The number of nitrogens with one attached hydrogen (secondary N) is 1. The summed E-state index contributed by atoms with van der Waals surface area (Å²) in [5.74, 6) is 1.02. The van der Waals surface area contributed by atoms with Gasteiger partial charge in [0, 0.05) is 16.6 Å². The Bertz CT molecular complexity index is 411. The molecule has 92 valence electrons. The third kappa shape index (κ3) is 2.74. The Morgan fingerprint density at radius 3 is 2.94 bits per heavy atom. The van der Waals surface area contributed by atoms with Crippen molar-refractivity contribution in [3.05, 3.63) is 33.8 Å². The van der Waals surface area contributed by atoms with Crippen LogP contribution in [-0.2, 0) is 6.42 Å². The number of hydrogen-bond donors (Lipinski definition) is 1. The van der Waals surface area contributed by atoms with Crippen molar-refractivity contribution in [1.29, 1.82) is 0 Å². The molecule has 1 nitrogen and oxygen atoms in total. The second kappa shape index (κ2) is 4.74. The molecule has 1 aromatic rings. The summed E-state index contributed by atoms with van der Waals surface area (Å²) in [6.45, 7) is 2.34. The lowest BCUT2D eigenvalue weighted by molar-refractivity contribution is 0.419. The van der Waals surface area contributed by atoms with Crippen LogP contribution >= 0.6 is 15.9 Å². The summed E-state index contributed by atoms with van der Waals surface area (Å²) in [4.78, 5) is 0. The van der Waals surface area contributed by atoms with E-state index < -0.39 is 0 Å². The van der Waals surface area contributed by atoms with Gasteiger partial charge in [0.2, 0.25) is 0 Å². The van der Waals surface area contributed by atoms with Gasteiger partial charge in [0.15, 0.2) is 0 Å². The summed E-state index contributed by atoms with van der Waals surface area (Å²) in [6, 6.07) is 8.00. The summed E-state index contributed by atoms with van der Waals surface area (Å²) < 4.78 is 1.21. The molecule has 2 aliphatic carbocycles. The number of hydrogen-bond acceptors (Lipinski definition) is 1. The number of rotatable bonds is 4. The van der Waals surface area contributed by atoms with Crippen LogP contribution in [0.4, 0.5) is 0 Å². The van der Waals surface area contributed by atoms with E-state index in [1.807, 2.05) is 0 Å². The predicted molar refractivity (Wildman–Crippen MR) is 75.1 cm³/mol. The van der Waals surface area contributed by atoms with Gasteiger partial charge in [0.05, 0.1) is 0 Å². The van der Waals surface area contributed by atoms with Crippen LogP contribution < -0.4 is 5.32 Å². The fraction of sp³-hybridized carbons (Fsp3) is 0.600. The Balaban J connectivity index is 1.66. The Kier molecular flexibility index (Phi) is 3.27. The lowest BCUT2D eigenvalue weighted by Crippen LogP contribution is -2.29. The first-order valence-corrected chi connectivity index (χ1v) is 7.56. The van der Waals surface area contributed by atoms with Gasteiger partial charge in [-0.3, -0.25) is 0 Å². The van der Waals surface area contributed by atoms with Crippen molar-refractivity contribution in [2.75, 3.05) is 0 Å². The van der Waals surface area contributed by atoms with Crippen LogP contribution in [0.5, 0.6) is 0 Å². The first kappa shape index (κ1) is 11.7. The molecule has 0 radical (unpaired) electrons. The molecule has 0 spiro atoms. The Labute approximate surface area is 112 Å². The van der Waals surface area contributed by atoms with Crippen LogP contribution in [0.1, 0.15) is 49.8 Å². The molecule has 0 aromatic heterocycles. The fourth-order valence-electron chi connectivity index (χ4n) is 3.02. The van der Waals surface area contributed by atoms with Crippen LogP contribution in [0, 0.1) is 5.92 Å². The van der Waals surface area contributed by atoms with Gasteiger partial charge in [0.25, 0.3) is 0 Å². The minimum Gasteiger partial charge on any atom is -0.307 e. The van der Waals surface area contributed by atoms with E-state index in [2.05, 4.69) is 46.4 Å². The average Bonchev–Trinajstić information content (AvgIpc) is 3.01. The predicted octanol–water partition coefficient (Wildman–Crippen LogP) is 4.21. The van der Waals surface area contributed by atoms with Gasteiger partial charge in [-0.1, -0.05) is 34.8 Å². The lowest BCUT2D eigenvalue weighted by Gasteiger charge is -2.20. The molecule has 0 amide bonds. The molecule has 0 bridgehead atoms. The molecule has 1 N–H and O–H groups in total. The van der Waals surface area contributed by atoms with Crippen molar-refractivity contribution < 1.29 is 0 Å². The minimum absolute atomic E-state index is 0.590. The Hall–Kier alpha value is -0.340. The maximum atomic E-state index is 3.81. The molecule has 2 heteroatoms. The largest absolute Gasteiger partial charge is 0.307 e. The molecular formula is C15H20BrN. The quantitative estimate of drug-likeness (QED) is 0.877. The molecule has 2 atom stereocenters. The van der Waals surface area contributed by atoms with Crippen molar-refractivity contribution in [1.82, 2.24) is 5.32 Å². The third-order valence-corrected chi connectivity index (χ3v) is 4.55. The monoisotopic (exact) mass is 293 g/mol. The van der Waals surface area contributed by atoms with Gasteiger partial charge in [-0.25, -0.2) is 0 Å². The molecular weight excluding hydrogens is 274 g/mol. The van der Waals surface area contributed by atoms with Gasteiger partial charge in [-0.2, -0.15) is 0 Å². The van der Waals surface area contributed by atoms with Crippen molar-refractivity contribution >= 4 is 15.9 Å². The van der Waals surface area contributed by atoms with Crippen LogP contribution in [0.15, 0.2) is 22.7 Å². The van der Waals surface area contributed by atoms with Gasteiger partial charge in [-0.05, 0) is 55.4 Å². The van der Waals surface area contributed by atoms with Crippen molar-refractivity contribution in [2.45, 2.75) is 51.1 Å². The molecule has 2 aliphatic rings. The molecule has 1 saturated carbocycles. The van der Waals surface area contributed by atoms with E-state index in [9.17, 15) is 0 Å². The van der Waals surface area contributed by atoms with Crippen LogP contribution in [0.3, 0.4) is 0 Å². The first-order chi connectivity index (χ1) is 8.22. The van der Waals surface area contributed by atoms with Crippen molar-refractivity contribution in [3.8, 4) is 0 Å². The highest BCUT2D eigenvalue weighted by atomic mass is 79.9. The van der Waals surface area contributed by atoms with E-state index in [4.69, 9.17) is 0 Å². The highest BCUT2D eigenvalue weighted by molar-refractivity contribution is 9.10. The number of halogens is 1. The van der Waals surface area contributed by atoms with E-state index in [0.29, 0.717) is 12.1 Å². The zero-order chi connectivity index (χ0) is 11.8. The second-order valence-electron chi connectivity index (χ2n) is 5.68. The van der Waals surface area contributed by atoms with Gasteiger partial charge in [-0.15, -0.1) is 0 Å². The summed E-state index contributed by atoms with van der Waals surface area (Å²) >= 11 is 3.56. The molecule has 0 aliphatic heterocycles. The average molecular weight is 294 g/mol. The number of fused-ring (bicyclic) bond motifs is 1. The summed E-state index contributed by atoms with van der Waals surface area (Å²) in [7, 11) is 0. The van der Waals surface area contributed by atoms with Crippen molar-refractivity contribution in [3.63, 3.8) is 0 Å². The van der Waals surface area contributed by atoms with Gasteiger partial charge in [0.1, 0.15) is 0 Å². The molecule has 17 heavy (non-hydrogen) atoms. The molecule has 2 unspecified atom stereocenters. The summed E-state index contributed by atoms with van der Waals surface area (Å²) in [5, 5.41) is 3.81. The molecule has 0 heterocycles. The topological polar surface area (TPSA) is 12.0 Å². The zero-order valence-corrected chi connectivity index (χ0v) is 12.0. The fourth-order valence-corrected chi connectivity index (χ4v) is 3.43. The zero-order valence-electron chi connectivity index (χ0n) is 10.4. The number of benzene rings is 1.